The summed E-state index contributed by atoms with van der Waals surface area (Å²) in [6.07, 6.45) is 7.85. The van der Waals surface area contributed by atoms with Gasteiger partial charge in [-0.1, -0.05) is 6.92 Å². The Bertz CT molecular complexity index is 275. The zero-order chi connectivity index (χ0) is 12.8. The first-order valence-corrected chi connectivity index (χ1v) is 7.42. The Labute approximate surface area is 122 Å². The highest BCUT2D eigenvalue weighted by atomic mass is 35.5. The molecule has 0 spiro atoms. The number of rotatable bonds is 5. The normalized spacial score (nSPS) is 30.7. The number of nitrogens with one attached hydrogen (secondary N) is 2. The van der Waals surface area contributed by atoms with E-state index in [0.717, 1.165) is 51.8 Å². The molecule has 4 nitrogen and oxygen atoms in total. The Morgan fingerprint density at radius 2 is 2.26 bits per heavy atom. The standard InChI is InChI=1S/C14H26N2O2.ClH/c1-2-14(8-5-9-16-14)13(17)15-10-7-12-6-3-4-11-18-12;/h12,16H,2-11H2,1H3,(H,15,17);1H. The first kappa shape index (κ1) is 16.7. The number of amides is 1. The topological polar surface area (TPSA) is 50.4 Å². The molecule has 0 aromatic rings. The van der Waals surface area contributed by atoms with Gasteiger partial charge in [0.15, 0.2) is 0 Å². The molecule has 2 N–H and O–H groups in total. The monoisotopic (exact) mass is 290 g/mol. The van der Waals surface area contributed by atoms with E-state index in [1.807, 2.05) is 0 Å². The zero-order valence-electron chi connectivity index (χ0n) is 11.9. The van der Waals surface area contributed by atoms with Crippen LogP contribution in [0.2, 0.25) is 0 Å². The maximum absolute atomic E-state index is 12.2. The van der Waals surface area contributed by atoms with Crippen molar-refractivity contribution in [2.45, 2.75) is 63.5 Å². The van der Waals surface area contributed by atoms with E-state index >= 15 is 0 Å². The second-order valence-electron chi connectivity index (χ2n) is 5.50. The van der Waals surface area contributed by atoms with Crippen LogP contribution in [0.25, 0.3) is 0 Å². The Balaban J connectivity index is 0.00000180. The van der Waals surface area contributed by atoms with Crippen molar-refractivity contribution in [2.75, 3.05) is 19.7 Å². The van der Waals surface area contributed by atoms with Crippen molar-refractivity contribution in [1.29, 1.82) is 0 Å². The molecule has 0 radical (unpaired) electrons. The molecular weight excluding hydrogens is 264 g/mol. The SMILES string of the molecule is CCC1(C(=O)NCCC2CCCCO2)CCCN1.Cl. The molecule has 2 aliphatic rings. The summed E-state index contributed by atoms with van der Waals surface area (Å²) in [4.78, 5) is 12.2. The maximum atomic E-state index is 12.2. The van der Waals surface area contributed by atoms with Gasteiger partial charge in [-0.3, -0.25) is 4.79 Å². The number of halogens is 1. The van der Waals surface area contributed by atoms with E-state index in [9.17, 15) is 4.79 Å². The average molecular weight is 291 g/mol. The Morgan fingerprint density at radius 3 is 2.84 bits per heavy atom. The third-order valence-electron chi connectivity index (χ3n) is 4.31. The van der Waals surface area contributed by atoms with E-state index in [2.05, 4.69) is 17.6 Å². The lowest BCUT2D eigenvalue weighted by Gasteiger charge is -2.28. The first-order valence-electron chi connectivity index (χ1n) is 7.42. The van der Waals surface area contributed by atoms with Crippen LogP contribution < -0.4 is 10.6 Å². The molecule has 5 heteroatoms. The van der Waals surface area contributed by atoms with Crippen LogP contribution in [0.3, 0.4) is 0 Å². The lowest BCUT2D eigenvalue weighted by molar-refractivity contribution is -0.127. The van der Waals surface area contributed by atoms with Crippen LogP contribution in [0.1, 0.15) is 51.9 Å². The third-order valence-corrected chi connectivity index (χ3v) is 4.31. The van der Waals surface area contributed by atoms with Crippen molar-refractivity contribution in [3.05, 3.63) is 0 Å². The Kier molecular flexibility index (Phi) is 7.11. The summed E-state index contributed by atoms with van der Waals surface area (Å²) in [5.41, 5.74) is -0.298. The van der Waals surface area contributed by atoms with Crippen molar-refractivity contribution in [3.63, 3.8) is 0 Å². The van der Waals surface area contributed by atoms with Crippen molar-refractivity contribution in [1.82, 2.24) is 10.6 Å². The van der Waals surface area contributed by atoms with Crippen molar-refractivity contribution in [2.24, 2.45) is 0 Å². The van der Waals surface area contributed by atoms with E-state index in [1.54, 1.807) is 0 Å². The molecular formula is C14H27ClN2O2. The molecule has 0 saturated carbocycles. The van der Waals surface area contributed by atoms with Crippen molar-refractivity contribution < 1.29 is 9.53 Å². The molecule has 112 valence electrons. The van der Waals surface area contributed by atoms with Gasteiger partial charge in [-0.05, 0) is 51.5 Å². The van der Waals surface area contributed by atoms with Crippen LogP contribution in [-0.4, -0.2) is 37.2 Å². The lowest BCUT2D eigenvalue weighted by Crippen LogP contribution is -2.53. The highest BCUT2D eigenvalue weighted by Gasteiger charge is 2.38. The quantitative estimate of drug-likeness (QED) is 0.814. The molecule has 0 aromatic carbocycles. The van der Waals surface area contributed by atoms with Crippen molar-refractivity contribution >= 4 is 18.3 Å². The van der Waals surface area contributed by atoms with E-state index in [1.165, 1.54) is 12.8 Å². The number of carbonyl (C=O) groups is 1. The number of ether oxygens (including phenoxy) is 1. The molecule has 2 fully saturated rings. The summed E-state index contributed by atoms with van der Waals surface area (Å²) in [6, 6.07) is 0. The molecule has 2 heterocycles. The summed E-state index contributed by atoms with van der Waals surface area (Å²) < 4.78 is 5.67. The summed E-state index contributed by atoms with van der Waals surface area (Å²) in [5.74, 6) is 0.179. The molecule has 0 bridgehead atoms. The second kappa shape index (κ2) is 8.08. The van der Waals surface area contributed by atoms with E-state index in [-0.39, 0.29) is 23.9 Å². The van der Waals surface area contributed by atoms with E-state index in [0.29, 0.717) is 6.10 Å². The fraction of sp³-hybridized carbons (Fsp3) is 0.929. The zero-order valence-corrected chi connectivity index (χ0v) is 12.7. The molecule has 2 rings (SSSR count). The molecule has 1 amide bonds. The van der Waals surface area contributed by atoms with Crippen molar-refractivity contribution in [3.8, 4) is 0 Å². The predicted octanol–water partition coefficient (Wildman–Crippen LogP) is 2.02. The third kappa shape index (κ3) is 4.33. The number of hydrogen-bond donors (Lipinski definition) is 2. The Morgan fingerprint density at radius 1 is 1.42 bits per heavy atom. The van der Waals surface area contributed by atoms with Crippen LogP contribution in [0.4, 0.5) is 0 Å². The fourth-order valence-corrected chi connectivity index (χ4v) is 3.01. The second-order valence-corrected chi connectivity index (χ2v) is 5.50. The average Bonchev–Trinajstić information content (AvgIpc) is 2.90. The van der Waals surface area contributed by atoms with Gasteiger partial charge in [0.25, 0.3) is 0 Å². The molecule has 2 atom stereocenters. The smallest absolute Gasteiger partial charge is 0.240 e. The summed E-state index contributed by atoms with van der Waals surface area (Å²) in [6.45, 7) is 4.68. The van der Waals surface area contributed by atoms with Gasteiger partial charge in [0.05, 0.1) is 11.6 Å². The van der Waals surface area contributed by atoms with E-state index in [4.69, 9.17) is 4.74 Å². The van der Waals surface area contributed by atoms with Crippen LogP contribution in [0.15, 0.2) is 0 Å². The number of carbonyl (C=O) groups excluding carboxylic acids is 1. The van der Waals surface area contributed by atoms with E-state index < -0.39 is 0 Å². The summed E-state index contributed by atoms with van der Waals surface area (Å²) in [5, 5.41) is 6.45. The van der Waals surface area contributed by atoms with Crippen LogP contribution in [0, 0.1) is 0 Å². The minimum absolute atomic E-state index is 0. The largest absolute Gasteiger partial charge is 0.378 e. The minimum Gasteiger partial charge on any atom is -0.378 e. The fourth-order valence-electron chi connectivity index (χ4n) is 3.01. The molecule has 2 aliphatic heterocycles. The lowest BCUT2D eigenvalue weighted by atomic mass is 9.93. The molecule has 19 heavy (non-hydrogen) atoms. The van der Waals surface area contributed by atoms with Gasteiger partial charge >= 0.3 is 0 Å². The highest BCUT2D eigenvalue weighted by Crippen LogP contribution is 2.23. The van der Waals surface area contributed by atoms with Gasteiger partial charge in [0.2, 0.25) is 5.91 Å². The minimum atomic E-state index is -0.298. The first-order chi connectivity index (χ1) is 8.77. The van der Waals surface area contributed by atoms with Gasteiger partial charge in [-0.15, -0.1) is 12.4 Å². The maximum Gasteiger partial charge on any atom is 0.240 e. The molecule has 0 aliphatic carbocycles. The van der Waals surface area contributed by atoms with Gasteiger partial charge in [0.1, 0.15) is 0 Å². The van der Waals surface area contributed by atoms with Gasteiger partial charge < -0.3 is 15.4 Å². The van der Waals surface area contributed by atoms with Crippen LogP contribution in [0.5, 0.6) is 0 Å². The molecule has 2 saturated heterocycles. The summed E-state index contributed by atoms with van der Waals surface area (Å²) in [7, 11) is 0. The molecule has 0 aromatic heterocycles. The van der Waals surface area contributed by atoms with Crippen LogP contribution in [-0.2, 0) is 9.53 Å². The summed E-state index contributed by atoms with van der Waals surface area (Å²) >= 11 is 0. The highest BCUT2D eigenvalue weighted by molar-refractivity contribution is 5.86. The van der Waals surface area contributed by atoms with Gasteiger partial charge in [-0.2, -0.15) is 0 Å². The van der Waals surface area contributed by atoms with Gasteiger partial charge in [-0.25, -0.2) is 0 Å². The number of hydrogen-bond acceptors (Lipinski definition) is 3. The Hall–Kier alpha value is -0.320. The molecule has 2 unspecified atom stereocenters. The van der Waals surface area contributed by atoms with Gasteiger partial charge in [0, 0.05) is 13.2 Å². The predicted molar refractivity (Wildman–Crippen MR) is 78.7 cm³/mol. The van der Waals surface area contributed by atoms with Crippen LogP contribution >= 0.6 is 12.4 Å².